The number of aliphatic carboxylic acids is 1. The van der Waals surface area contributed by atoms with Crippen molar-refractivity contribution < 1.29 is 9.90 Å². The van der Waals surface area contributed by atoms with Crippen molar-refractivity contribution in [2.45, 2.75) is 32.1 Å². The van der Waals surface area contributed by atoms with Crippen molar-refractivity contribution in [2.24, 2.45) is 0 Å². The maximum absolute atomic E-state index is 11.2. The Morgan fingerprint density at radius 2 is 1.79 bits per heavy atom. The fourth-order valence-corrected chi connectivity index (χ4v) is 2.27. The van der Waals surface area contributed by atoms with Crippen LogP contribution < -0.4 is 0 Å². The van der Waals surface area contributed by atoms with E-state index in [1.54, 1.807) is 0 Å². The van der Waals surface area contributed by atoms with Gasteiger partial charge in [0.25, 0.3) is 0 Å². The molecule has 1 N–H and O–H groups in total. The van der Waals surface area contributed by atoms with Gasteiger partial charge < -0.3 is 5.11 Å². The lowest BCUT2D eigenvalue weighted by Gasteiger charge is -2.16. The summed E-state index contributed by atoms with van der Waals surface area (Å²) in [5.41, 5.74) is 2.68. The van der Waals surface area contributed by atoms with Gasteiger partial charge in [-0.3, -0.25) is 4.79 Å². The molecule has 1 aromatic carbocycles. The summed E-state index contributed by atoms with van der Waals surface area (Å²) < 4.78 is 0. The summed E-state index contributed by atoms with van der Waals surface area (Å²) in [6.45, 7) is 3.98. The first-order chi connectivity index (χ1) is 6.58. The molecule has 0 aromatic heterocycles. The van der Waals surface area contributed by atoms with Gasteiger partial charge in [-0.15, -0.1) is 0 Å². The summed E-state index contributed by atoms with van der Waals surface area (Å²) in [6, 6.07) is 5.96. The fourth-order valence-electron chi connectivity index (χ4n) is 2.27. The molecule has 0 aliphatic heterocycles. The molecule has 0 unspecified atom stereocenters. The van der Waals surface area contributed by atoms with Gasteiger partial charge in [0, 0.05) is 0 Å². The second-order valence-corrected chi connectivity index (χ2v) is 4.15. The van der Waals surface area contributed by atoms with E-state index in [2.05, 4.69) is 0 Å². The Balaban J connectivity index is 2.56. The van der Waals surface area contributed by atoms with Gasteiger partial charge in [-0.25, -0.2) is 0 Å². The Hall–Kier alpha value is -1.31. The lowest BCUT2D eigenvalue weighted by molar-refractivity contribution is -0.140. The average molecular weight is 190 g/mol. The van der Waals surface area contributed by atoms with Crippen molar-refractivity contribution in [2.75, 3.05) is 0 Å². The first kappa shape index (κ1) is 9.25. The van der Waals surface area contributed by atoms with Gasteiger partial charge in [-0.1, -0.05) is 18.2 Å². The highest BCUT2D eigenvalue weighted by Gasteiger charge is 2.53. The standard InChI is InChI=1S/C12H14O2/c1-8-4-3-5-9(2)10(8)12(6-7-12)11(13)14/h3-5H,6-7H2,1-2H3,(H,13,14). The third-order valence-corrected chi connectivity index (χ3v) is 3.12. The third kappa shape index (κ3) is 1.14. The molecule has 2 nitrogen and oxygen atoms in total. The van der Waals surface area contributed by atoms with Crippen LogP contribution in [0.1, 0.15) is 29.5 Å². The monoisotopic (exact) mass is 190 g/mol. The molecule has 74 valence electrons. The molecule has 0 heterocycles. The number of benzene rings is 1. The molecular formula is C12H14O2. The summed E-state index contributed by atoms with van der Waals surface area (Å²) in [4.78, 5) is 11.2. The summed E-state index contributed by atoms with van der Waals surface area (Å²) in [7, 11) is 0. The summed E-state index contributed by atoms with van der Waals surface area (Å²) in [5, 5.41) is 9.21. The molecule has 0 amide bonds. The van der Waals surface area contributed by atoms with Crippen LogP contribution in [0.2, 0.25) is 0 Å². The first-order valence-corrected chi connectivity index (χ1v) is 4.88. The highest BCUT2D eigenvalue weighted by atomic mass is 16.4. The number of carboxylic acids is 1. The largest absolute Gasteiger partial charge is 0.481 e. The van der Waals surface area contributed by atoms with E-state index in [0.29, 0.717) is 0 Å². The van der Waals surface area contributed by atoms with Gasteiger partial charge in [-0.2, -0.15) is 0 Å². The van der Waals surface area contributed by atoms with E-state index in [0.717, 1.165) is 29.5 Å². The van der Waals surface area contributed by atoms with Crippen LogP contribution in [0.5, 0.6) is 0 Å². The van der Waals surface area contributed by atoms with E-state index in [4.69, 9.17) is 0 Å². The minimum Gasteiger partial charge on any atom is -0.481 e. The molecule has 1 aliphatic carbocycles. The zero-order valence-corrected chi connectivity index (χ0v) is 8.50. The molecule has 1 saturated carbocycles. The molecule has 0 bridgehead atoms. The van der Waals surface area contributed by atoms with Crippen LogP contribution in [-0.4, -0.2) is 11.1 Å². The van der Waals surface area contributed by atoms with Crippen LogP contribution in [0.25, 0.3) is 0 Å². The molecule has 0 spiro atoms. The third-order valence-electron chi connectivity index (χ3n) is 3.12. The quantitative estimate of drug-likeness (QED) is 0.777. The number of hydrogen-bond donors (Lipinski definition) is 1. The Labute approximate surface area is 83.6 Å². The molecule has 2 heteroatoms. The van der Waals surface area contributed by atoms with Crippen LogP contribution >= 0.6 is 0 Å². The second-order valence-electron chi connectivity index (χ2n) is 4.15. The van der Waals surface area contributed by atoms with E-state index in [1.807, 2.05) is 32.0 Å². The fraction of sp³-hybridized carbons (Fsp3) is 0.417. The van der Waals surface area contributed by atoms with Crippen LogP contribution in [0.3, 0.4) is 0 Å². The molecule has 2 rings (SSSR count). The van der Waals surface area contributed by atoms with E-state index in [-0.39, 0.29) is 0 Å². The van der Waals surface area contributed by atoms with E-state index in [1.165, 1.54) is 0 Å². The topological polar surface area (TPSA) is 37.3 Å². The second kappa shape index (κ2) is 2.84. The Kier molecular flexibility index (Phi) is 1.88. The van der Waals surface area contributed by atoms with E-state index >= 15 is 0 Å². The van der Waals surface area contributed by atoms with Crippen LogP contribution in [0, 0.1) is 13.8 Å². The Morgan fingerprint density at radius 1 is 1.29 bits per heavy atom. The Bertz CT molecular complexity index is 369. The normalized spacial score (nSPS) is 17.9. The molecule has 0 saturated heterocycles. The van der Waals surface area contributed by atoms with Gasteiger partial charge in [0.15, 0.2) is 0 Å². The van der Waals surface area contributed by atoms with Crippen LogP contribution in [0.15, 0.2) is 18.2 Å². The van der Waals surface area contributed by atoms with Crippen molar-refractivity contribution in [1.82, 2.24) is 0 Å². The highest BCUT2D eigenvalue weighted by molar-refractivity contribution is 5.86. The number of carbonyl (C=O) groups is 1. The number of aryl methyl sites for hydroxylation is 2. The molecule has 1 aliphatic rings. The number of carboxylic acid groups (broad SMARTS) is 1. The SMILES string of the molecule is Cc1cccc(C)c1C1(C(=O)O)CC1. The number of rotatable bonds is 2. The lowest BCUT2D eigenvalue weighted by atomic mass is 9.88. The van der Waals surface area contributed by atoms with Crippen LogP contribution in [-0.2, 0) is 10.2 Å². The minimum absolute atomic E-state index is 0.560. The summed E-state index contributed by atoms with van der Waals surface area (Å²) in [6.07, 6.45) is 1.57. The van der Waals surface area contributed by atoms with Gasteiger partial charge in [-0.05, 0) is 43.4 Å². The van der Waals surface area contributed by atoms with Crippen molar-refractivity contribution in [3.05, 3.63) is 34.9 Å². The van der Waals surface area contributed by atoms with Gasteiger partial charge in [0.05, 0.1) is 5.41 Å². The predicted octanol–water partition coefficient (Wildman–Crippen LogP) is 2.42. The van der Waals surface area contributed by atoms with E-state index in [9.17, 15) is 9.90 Å². The minimum atomic E-state index is -0.671. The maximum atomic E-state index is 11.2. The lowest BCUT2D eigenvalue weighted by Crippen LogP contribution is -2.21. The van der Waals surface area contributed by atoms with Gasteiger partial charge in [0.1, 0.15) is 0 Å². The van der Waals surface area contributed by atoms with Crippen molar-refractivity contribution in [1.29, 1.82) is 0 Å². The highest BCUT2D eigenvalue weighted by Crippen LogP contribution is 2.50. The summed E-state index contributed by atoms with van der Waals surface area (Å²) in [5.74, 6) is -0.671. The average Bonchev–Trinajstić information content (AvgIpc) is 2.85. The predicted molar refractivity (Wildman–Crippen MR) is 54.5 cm³/mol. The molecule has 14 heavy (non-hydrogen) atoms. The molecular weight excluding hydrogens is 176 g/mol. The maximum Gasteiger partial charge on any atom is 0.314 e. The summed E-state index contributed by atoms with van der Waals surface area (Å²) >= 11 is 0. The molecule has 1 fully saturated rings. The molecule has 0 radical (unpaired) electrons. The number of hydrogen-bond acceptors (Lipinski definition) is 1. The smallest absolute Gasteiger partial charge is 0.314 e. The van der Waals surface area contributed by atoms with Crippen molar-refractivity contribution in [3.63, 3.8) is 0 Å². The van der Waals surface area contributed by atoms with Gasteiger partial charge >= 0.3 is 5.97 Å². The molecule has 1 aromatic rings. The zero-order valence-electron chi connectivity index (χ0n) is 8.50. The van der Waals surface area contributed by atoms with Crippen LogP contribution in [0.4, 0.5) is 0 Å². The van der Waals surface area contributed by atoms with E-state index < -0.39 is 11.4 Å². The molecule has 0 atom stereocenters. The van der Waals surface area contributed by atoms with Gasteiger partial charge in [0.2, 0.25) is 0 Å². The van der Waals surface area contributed by atoms with Crippen molar-refractivity contribution >= 4 is 5.97 Å². The first-order valence-electron chi connectivity index (χ1n) is 4.88. The zero-order chi connectivity index (χ0) is 10.3. The van der Waals surface area contributed by atoms with Crippen molar-refractivity contribution in [3.8, 4) is 0 Å². The Morgan fingerprint density at radius 3 is 2.14 bits per heavy atom.